The summed E-state index contributed by atoms with van der Waals surface area (Å²) in [5.41, 5.74) is 5.17. The van der Waals surface area contributed by atoms with Crippen LogP contribution in [0.5, 0.6) is 0 Å². The van der Waals surface area contributed by atoms with Crippen molar-refractivity contribution in [1.82, 2.24) is 30.7 Å². The van der Waals surface area contributed by atoms with Gasteiger partial charge in [0.2, 0.25) is 0 Å². The first kappa shape index (κ1) is 23.6. The topological polar surface area (TPSA) is 134 Å². The SMILES string of the molecule is CCn1nc(C)c(C=NNC(=O)C(NC(=O)c2ccccc2)c2n[nH]c(=O)c3ccccc23)c1C. The smallest absolute Gasteiger partial charge is 0.272 e. The zero-order chi connectivity index (χ0) is 24.9. The fourth-order valence-corrected chi connectivity index (χ4v) is 3.85. The van der Waals surface area contributed by atoms with E-state index in [1.165, 1.54) is 6.21 Å². The lowest BCUT2D eigenvalue weighted by atomic mass is 10.0. The molecule has 2 heterocycles. The third-order valence-electron chi connectivity index (χ3n) is 5.68. The van der Waals surface area contributed by atoms with Crippen LogP contribution >= 0.6 is 0 Å². The van der Waals surface area contributed by atoms with E-state index in [2.05, 4.69) is 31.1 Å². The number of rotatable bonds is 7. The Labute approximate surface area is 201 Å². The van der Waals surface area contributed by atoms with E-state index in [4.69, 9.17) is 0 Å². The summed E-state index contributed by atoms with van der Waals surface area (Å²) in [6.07, 6.45) is 1.52. The van der Waals surface area contributed by atoms with Crippen LogP contribution in [-0.2, 0) is 11.3 Å². The highest BCUT2D eigenvalue weighted by Crippen LogP contribution is 2.20. The summed E-state index contributed by atoms with van der Waals surface area (Å²) in [6, 6.07) is 14.0. The van der Waals surface area contributed by atoms with Crippen LogP contribution in [0.15, 0.2) is 64.5 Å². The number of hydrazone groups is 1. The molecule has 0 fully saturated rings. The van der Waals surface area contributed by atoms with E-state index in [0.717, 1.165) is 17.0 Å². The maximum Gasteiger partial charge on any atom is 0.272 e. The molecule has 4 rings (SSSR count). The van der Waals surface area contributed by atoms with Crippen molar-refractivity contribution in [2.45, 2.75) is 33.4 Å². The Balaban J connectivity index is 1.68. The first-order valence-electron chi connectivity index (χ1n) is 11.1. The summed E-state index contributed by atoms with van der Waals surface area (Å²) in [6.45, 7) is 6.49. The number of carbonyl (C=O) groups excluding carboxylic acids is 2. The summed E-state index contributed by atoms with van der Waals surface area (Å²) >= 11 is 0. The molecule has 3 N–H and O–H groups in total. The molecular formula is C25H25N7O3. The lowest BCUT2D eigenvalue weighted by molar-refractivity contribution is -0.123. The van der Waals surface area contributed by atoms with Crippen LogP contribution in [0.1, 0.15) is 46.0 Å². The van der Waals surface area contributed by atoms with E-state index in [9.17, 15) is 14.4 Å². The molecule has 0 spiro atoms. The van der Waals surface area contributed by atoms with Crippen molar-refractivity contribution in [1.29, 1.82) is 0 Å². The molecule has 1 atom stereocenters. The minimum atomic E-state index is -1.22. The molecule has 0 radical (unpaired) electrons. The second-order valence-electron chi connectivity index (χ2n) is 7.89. The van der Waals surface area contributed by atoms with Gasteiger partial charge in [0.1, 0.15) is 5.69 Å². The van der Waals surface area contributed by atoms with E-state index in [1.807, 2.05) is 25.5 Å². The van der Waals surface area contributed by atoms with E-state index >= 15 is 0 Å². The molecule has 10 nitrogen and oxygen atoms in total. The van der Waals surface area contributed by atoms with Crippen molar-refractivity contribution in [3.05, 3.63) is 93.2 Å². The Bertz CT molecular complexity index is 1470. The van der Waals surface area contributed by atoms with Gasteiger partial charge in [-0.25, -0.2) is 10.5 Å². The number of amides is 2. The number of fused-ring (bicyclic) bond motifs is 1. The Morgan fingerprint density at radius 1 is 1.09 bits per heavy atom. The molecule has 0 aliphatic heterocycles. The molecule has 0 bridgehead atoms. The van der Waals surface area contributed by atoms with Gasteiger partial charge < -0.3 is 5.32 Å². The lowest BCUT2D eigenvalue weighted by Crippen LogP contribution is -2.40. The molecule has 0 saturated heterocycles. The minimum Gasteiger partial charge on any atom is -0.335 e. The van der Waals surface area contributed by atoms with Crippen molar-refractivity contribution >= 4 is 28.8 Å². The monoisotopic (exact) mass is 471 g/mol. The van der Waals surface area contributed by atoms with E-state index in [-0.39, 0.29) is 5.69 Å². The second-order valence-corrected chi connectivity index (χ2v) is 7.89. The van der Waals surface area contributed by atoms with Crippen LogP contribution in [0.3, 0.4) is 0 Å². The number of carbonyl (C=O) groups is 2. The molecule has 2 aromatic heterocycles. The highest BCUT2D eigenvalue weighted by Gasteiger charge is 2.27. The van der Waals surface area contributed by atoms with Crippen molar-refractivity contribution in [2.75, 3.05) is 0 Å². The van der Waals surface area contributed by atoms with Gasteiger partial charge in [-0.15, -0.1) is 0 Å². The van der Waals surface area contributed by atoms with Crippen molar-refractivity contribution in [2.24, 2.45) is 5.10 Å². The van der Waals surface area contributed by atoms with Crippen LogP contribution in [0.25, 0.3) is 10.8 Å². The van der Waals surface area contributed by atoms with Crippen molar-refractivity contribution < 1.29 is 9.59 Å². The largest absolute Gasteiger partial charge is 0.335 e. The summed E-state index contributed by atoms with van der Waals surface area (Å²) in [4.78, 5) is 38.4. The van der Waals surface area contributed by atoms with Gasteiger partial charge in [-0.05, 0) is 39.0 Å². The molecular weight excluding hydrogens is 446 g/mol. The van der Waals surface area contributed by atoms with Crippen molar-refractivity contribution in [3.63, 3.8) is 0 Å². The number of H-pyrrole nitrogens is 1. The average molecular weight is 472 g/mol. The molecule has 2 aromatic carbocycles. The fourth-order valence-electron chi connectivity index (χ4n) is 3.85. The maximum atomic E-state index is 13.3. The summed E-state index contributed by atoms with van der Waals surface area (Å²) in [5.74, 6) is -1.09. The van der Waals surface area contributed by atoms with E-state index in [1.54, 1.807) is 54.6 Å². The zero-order valence-electron chi connectivity index (χ0n) is 19.6. The number of nitrogens with one attached hydrogen (secondary N) is 3. The molecule has 0 aliphatic rings. The molecule has 2 amide bonds. The number of nitrogens with zero attached hydrogens (tertiary/aromatic N) is 4. The van der Waals surface area contributed by atoms with Gasteiger partial charge in [0, 0.05) is 28.8 Å². The van der Waals surface area contributed by atoms with Crippen molar-refractivity contribution in [3.8, 4) is 0 Å². The third-order valence-corrected chi connectivity index (χ3v) is 5.68. The summed E-state index contributed by atoms with van der Waals surface area (Å²) in [5, 5.41) is 18.6. The zero-order valence-corrected chi connectivity index (χ0v) is 19.6. The quantitative estimate of drug-likeness (QED) is 0.281. The molecule has 178 valence electrons. The highest BCUT2D eigenvalue weighted by atomic mass is 16.2. The number of aryl methyl sites for hydroxylation is 2. The number of aromatic nitrogens is 4. The predicted octanol–water partition coefficient (Wildman–Crippen LogP) is 2.38. The molecule has 4 aromatic rings. The third kappa shape index (κ3) is 4.86. The van der Waals surface area contributed by atoms with E-state index < -0.39 is 23.4 Å². The molecule has 35 heavy (non-hydrogen) atoms. The minimum absolute atomic E-state index is 0.198. The first-order valence-corrected chi connectivity index (χ1v) is 11.1. The molecule has 0 saturated carbocycles. The average Bonchev–Trinajstić information content (AvgIpc) is 3.16. The first-order chi connectivity index (χ1) is 16.9. The van der Waals surface area contributed by atoms with Gasteiger partial charge in [0.25, 0.3) is 17.4 Å². The molecule has 0 aliphatic carbocycles. The van der Waals surface area contributed by atoms with Gasteiger partial charge in [0.05, 0.1) is 17.3 Å². The highest BCUT2D eigenvalue weighted by molar-refractivity contribution is 5.99. The van der Waals surface area contributed by atoms with Crippen LogP contribution in [0, 0.1) is 13.8 Å². The Morgan fingerprint density at radius 2 is 1.77 bits per heavy atom. The van der Waals surface area contributed by atoms with Gasteiger partial charge in [0.15, 0.2) is 6.04 Å². The van der Waals surface area contributed by atoms with Gasteiger partial charge in [-0.1, -0.05) is 36.4 Å². The van der Waals surface area contributed by atoms with Crippen LogP contribution in [0.4, 0.5) is 0 Å². The van der Waals surface area contributed by atoms with Crippen LogP contribution in [0.2, 0.25) is 0 Å². The lowest BCUT2D eigenvalue weighted by Gasteiger charge is -2.18. The Hall–Kier alpha value is -4.60. The normalized spacial score (nSPS) is 12.1. The number of hydrogen-bond acceptors (Lipinski definition) is 6. The predicted molar refractivity (Wildman–Crippen MR) is 132 cm³/mol. The second kappa shape index (κ2) is 10.1. The van der Waals surface area contributed by atoms with Gasteiger partial charge in [-0.2, -0.15) is 15.3 Å². The number of benzene rings is 2. The number of aromatic amines is 1. The summed E-state index contributed by atoms with van der Waals surface area (Å²) in [7, 11) is 0. The summed E-state index contributed by atoms with van der Waals surface area (Å²) < 4.78 is 1.85. The van der Waals surface area contributed by atoms with Gasteiger partial charge >= 0.3 is 0 Å². The fraction of sp³-hybridized carbons (Fsp3) is 0.200. The number of hydrogen-bond donors (Lipinski definition) is 3. The standard InChI is InChI=1S/C25H25N7O3/c1-4-32-16(3)20(15(2)31-32)14-26-29-25(35)22(27-23(33)17-10-6-5-7-11-17)21-18-12-8-9-13-19(18)24(34)30-28-21/h5-14,22H,4H2,1-3H3,(H,27,33)(H,29,35)(H,30,34). The Morgan fingerprint density at radius 3 is 2.46 bits per heavy atom. The van der Waals surface area contributed by atoms with E-state index in [0.29, 0.717) is 22.9 Å². The van der Waals surface area contributed by atoms with Gasteiger partial charge in [-0.3, -0.25) is 19.1 Å². The molecule has 1 unspecified atom stereocenters. The van der Waals surface area contributed by atoms with Crippen LogP contribution < -0.4 is 16.3 Å². The Kier molecular flexibility index (Phi) is 6.81. The van der Waals surface area contributed by atoms with Crippen LogP contribution in [-0.4, -0.2) is 38.0 Å². The maximum absolute atomic E-state index is 13.3. The molecule has 10 heteroatoms.